The molecular formula is C42H43N7O3. The Kier molecular flexibility index (Phi) is 8.40. The van der Waals surface area contributed by atoms with Crippen LogP contribution in [0.25, 0.3) is 22.3 Å². The SMILES string of the molecule is CC(C)(C)OC(=O)N1CCN(c2cc(-c3nn(C(c4ccccc4)(c4ccccc4)c4ccccc4)c4cnc(OC5(C)CC5)cc34)ncn2)CC1. The molecule has 6 aromatic rings. The van der Waals surface area contributed by atoms with E-state index in [4.69, 9.17) is 24.5 Å². The molecule has 1 aliphatic carbocycles. The fourth-order valence-electron chi connectivity index (χ4n) is 7.03. The van der Waals surface area contributed by atoms with E-state index in [0.29, 0.717) is 43.4 Å². The number of anilines is 1. The van der Waals surface area contributed by atoms with Gasteiger partial charge in [-0.1, -0.05) is 91.0 Å². The lowest BCUT2D eigenvalue weighted by Gasteiger charge is -2.37. The smallest absolute Gasteiger partial charge is 0.410 e. The first-order valence-corrected chi connectivity index (χ1v) is 17.9. The zero-order chi connectivity index (χ0) is 35.9. The maximum Gasteiger partial charge on any atom is 0.410 e. The minimum absolute atomic E-state index is 0.206. The molecule has 52 heavy (non-hydrogen) atoms. The molecule has 0 spiro atoms. The van der Waals surface area contributed by atoms with Crippen LogP contribution < -0.4 is 9.64 Å². The molecule has 0 bridgehead atoms. The first-order chi connectivity index (χ1) is 25.1. The average Bonchev–Trinajstić information content (AvgIpc) is 3.77. The van der Waals surface area contributed by atoms with E-state index < -0.39 is 11.1 Å². The lowest BCUT2D eigenvalue weighted by Crippen LogP contribution is -2.50. The van der Waals surface area contributed by atoms with Gasteiger partial charge >= 0.3 is 6.09 Å². The number of nitrogens with zero attached hydrogens (tertiary/aromatic N) is 7. The molecule has 0 radical (unpaired) electrons. The molecule has 3 aromatic carbocycles. The van der Waals surface area contributed by atoms with Gasteiger partial charge < -0.3 is 19.3 Å². The Hall–Kier alpha value is -5.77. The van der Waals surface area contributed by atoms with Crippen molar-refractivity contribution in [3.05, 3.63) is 132 Å². The lowest BCUT2D eigenvalue weighted by molar-refractivity contribution is 0.0240. The molecule has 0 N–H and O–H groups in total. The summed E-state index contributed by atoms with van der Waals surface area (Å²) < 4.78 is 14.1. The number of hydrogen-bond donors (Lipinski definition) is 0. The van der Waals surface area contributed by atoms with Crippen LogP contribution >= 0.6 is 0 Å². The van der Waals surface area contributed by atoms with Crippen LogP contribution in [0.3, 0.4) is 0 Å². The zero-order valence-electron chi connectivity index (χ0n) is 30.1. The highest BCUT2D eigenvalue weighted by atomic mass is 16.6. The highest BCUT2D eigenvalue weighted by Gasteiger charge is 2.43. The molecule has 1 aliphatic heterocycles. The molecule has 2 aliphatic rings. The van der Waals surface area contributed by atoms with Gasteiger partial charge in [-0.25, -0.2) is 24.4 Å². The van der Waals surface area contributed by atoms with Gasteiger partial charge in [-0.3, -0.25) is 0 Å². The number of piperazine rings is 1. The Bertz CT molecular complexity index is 2090. The van der Waals surface area contributed by atoms with E-state index in [9.17, 15) is 4.79 Å². The molecule has 4 heterocycles. The van der Waals surface area contributed by atoms with Crippen LogP contribution in [0.15, 0.2) is 116 Å². The predicted octanol–water partition coefficient (Wildman–Crippen LogP) is 7.72. The number of rotatable bonds is 8. The molecule has 2 fully saturated rings. The summed E-state index contributed by atoms with van der Waals surface area (Å²) in [5, 5.41) is 6.39. The fourth-order valence-corrected chi connectivity index (χ4v) is 7.03. The normalized spacial score (nSPS) is 15.8. The summed E-state index contributed by atoms with van der Waals surface area (Å²) in [5.74, 6) is 1.33. The van der Waals surface area contributed by atoms with Crippen LogP contribution in [0.2, 0.25) is 0 Å². The molecule has 8 rings (SSSR count). The summed E-state index contributed by atoms with van der Waals surface area (Å²) in [6, 6.07) is 35.5. The van der Waals surface area contributed by atoms with Gasteiger partial charge in [-0.05, 0) is 57.2 Å². The quantitative estimate of drug-likeness (QED) is 0.150. The van der Waals surface area contributed by atoms with Gasteiger partial charge in [0.15, 0.2) is 0 Å². The van der Waals surface area contributed by atoms with Crippen molar-refractivity contribution in [1.82, 2.24) is 29.6 Å². The minimum atomic E-state index is -0.860. The monoisotopic (exact) mass is 693 g/mol. The summed E-state index contributed by atoms with van der Waals surface area (Å²) in [4.78, 5) is 31.0. The van der Waals surface area contributed by atoms with Crippen molar-refractivity contribution in [3.63, 3.8) is 0 Å². The summed E-state index contributed by atoms with van der Waals surface area (Å²) in [7, 11) is 0. The number of carbonyl (C=O) groups is 1. The predicted molar refractivity (Wildman–Crippen MR) is 201 cm³/mol. The first-order valence-electron chi connectivity index (χ1n) is 17.9. The molecule has 10 heteroatoms. The van der Waals surface area contributed by atoms with E-state index in [0.717, 1.165) is 46.3 Å². The van der Waals surface area contributed by atoms with Crippen LogP contribution in [0.4, 0.5) is 10.6 Å². The van der Waals surface area contributed by atoms with Crippen molar-refractivity contribution in [2.24, 2.45) is 0 Å². The van der Waals surface area contributed by atoms with Crippen molar-refractivity contribution < 1.29 is 14.3 Å². The molecule has 0 unspecified atom stereocenters. The fraction of sp³-hybridized carbons (Fsp3) is 0.310. The third-order valence-corrected chi connectivity index (χ3v) is 9.89. The first kappa shape index (κ1) is 33.4. The van der Waals surface area contributed by atoms with Gasteiger partial charge in [0, 0.05) is 43.7 Å². The van der Waals surface area contributed by atoms with Crippen molar-refractivity contribution >= 4 is 22.8 Å². The standard InChI is InChI=1S/C42H43N7O3/c1-40(2,3)52-39(50)48-24-22-47(23-25-48)36-27-34(44-29-45-36)38-33-26-37(51-41(4)20-21-41)43-28-35(33)49(46-38)42(30-14-8-5-9-15-30,31-16-10-6-11-17-31)32-18-12-7-13-19-32/h5-19,26-29H,20-25H2,1-4H3. The van der Waals surface area contributed by atoms with Gasteiger partial charge in [0.05, 0.1) is 17.4 Å². The van der Waals surface area contributed by atoms with Crippen molar-refractivity contribution in [2.75, 3.05) is 31.1 Å². The summed E-state index contributed by atoms with van der Waals surface area (Å²) in [6.45, 7) is 10.1. The van der Waals surface area contributed by atoms with Crippen LogP contribution in [-0.4, -0.2) is 73.1 Å². The number of amides is 1. The largest absolute Gasteiger partial charge is 0.471 e. The summed E-state index contributed by atoms with van der Waals surface area (Å²) >= 11 is 0. The minimum Gasteiger partial charge on any atom is -0.471 e. The van der Waals surface area contributed by atoms with Crippen molar-refractivity contribution in [1.29, 1.82) is 0 Å². The second kappa shape index (κ2) is 13.1. The third-order valence-electron chi connectivity index (χ3n) is 9.89. The van der Waals surface area contributed by atoms with E-state index in [2.05, 4.69) is 94.3 Å². The number of carbonyl (C=O) groups excluding carboxylic acids is 1. The Balaban J connectivity index is 1.28. The molecule has 1 amide bonds. The van der Waals surface area contributed by atoms with Gasteiger partial charge in [0.1, 0.15) is 34.6 Å². The molecule has 264 valence electrons. The van der Waals surface area contributed by atoms with Gasteiger partial charge in [-0.2, -0.15) is 5.10 Å². The van der Waals surface area contributed by atoms with Crippen molar-refractivity contribution in [2.45, 2.75) is 57.3 Å². The van der Waals surface area contributed by atoms with Crippen LogP contribution in [0.5, 0.6) is 5.88 Å². The topological polar surface area (TPSA) is 98.5 Å². The summed E-state index contributed by atoms with van der Waals surface area (Å²) in [5.41, 5.74) is 3.78. The van der Waals surface area contributed by atoms with Gasteiger partial charge in [0.25, 0.3) is 0 Å². The maximum atomic E-state index is 12.8. The Morgan fingerprint density at radius 3 is 1.87 bits per heavy atom. The molecule has 3 aromatic heterocycles. The number of pyridine rings is 1. The van der Waals surface area contributed by atoms with Crippen molar-refractivity contribution in [3.8, 4) is 17.3 Å². The number of ether oxygens (including phenoxy) is 2. The Morgan fingerprint density at radius 1 is 0.750 bits per heavy atom. The van der Waals surface area contributed by atoms with E-state index in [-0.39, 0.29) is 11.7 Å². The maximum absolute atomic E-state index is 12.8. The van der Waals surface area contributed by atoms with E-state index >= 15 is 0 Å². The molecular weight excluding hydrogens is 651 g/mol. The number of hydrogen-bond acceptors (Lipinski definition) is 8. The number of aromatic nitrogens is 5. The Morgan fingerprint density at radius 2 is 1.33 bits per heavy atom. The van der Waals surface area contributed by atoms with E-state index in [1.807, 2.05) is 57.3 Å². The second-order valence-electron chi connectivity index (χ2n) is 14.9. The van der Waals surface area contributed by atoms with E-state index in [1.54, 1.807) is 11.2 Å². The van der Waals surface area contributed by atoms with Gasteiger partial charge in [0.2, 0.25) is 5.88 Å². The number of benzene rings is 3. The second-order valence-corrected chi connectivity index (χ2v) is 14.9. The van der Waals surface area contributed by atoms with Gasteiger partial charge in [-0.15, -0.1) is 0 Å². The lowest BCUT2D eigenvalue weighted by atomic mass is 9.77. The Labute approximate surface area is 304 Å². The molecule has 0 atom stereocenters. The highest BCUT2D eigenvalue weighted by Crippen LogP contribution is 2.45. The summed E-state index contributed by atoms with van der Waals surface area (Å²) in [6.07, 6.45) is 5.17. The van der Waals surface area contributed by atoms with E-state index in [1.165, 1.54) is 0 Å². The highest BCUT2D eigenvalue weighted by molar-refractivity contribution is 5.93. The zero-order valence-corrected chi connectivity index (χ0v) is 30.1. The average molecular weight is 694 g/mol. The number of fused-ring (bicyclic) bond motifs is 1. The molecule has 1 saturated heterocycles. The van der Waals surface area contributed by atoms with Crippen LogP contribution in [0.1, 0.15) is 57.2 Å². The van der Waals surface area contributed by atoms with Crippen LogP contribution in [0, 0.1) is 0 Å². The third kappa shape index (κ3) is 6.33. The molecule has 1 saturated carbocycles. The molecule has 10 nitrogen and oxygen atoms in total. The van der Waals surface area contributed by atoms with Crippen LogP contribution in [-0.2, 0) is 10.3 Å².